The number of halogens is 3. The van der Waals surface area contributed by atoms with Gasteiger partial charge < -0.3 is 4.42 Å². The Morgan fingerprint density at radius 1 is 1.12 bits per heavy atom. The summed E-state index contributed by atoms with van der Waals surface area (Å²) in [5.74, 6) is 0.0993. The van der Waals surface area contributed by atoms with Gasteiger partial charge in [0.2, 0.25) is 10.0 Å². The molecule has 24 heavy (non-hydrogen) atoms. The van der Waals surface area contributed by atoms with Crippen LogP contribution in [0.2, 0.25) is 0 Å². The second kappa shape index (κ2) is 5.49. The normalized spacial score (nSPS) is 12.5. The minimum absolute atomic E-state index is 0.0524. The molecule has 0 spiro atoms. The molecule has 10 heteroatoms. The third kappa shape index (κ3) is 2.93. The fraction of sp³-hybridized carbons (Fsp3) is 0.0714. The summed E-state index contributed by atoms with van der Waals surface area (Å²) in [4.78, 5) is -0.352. The van der Waals surface area contributed by atoms with Crippen LogP contribution in [0.25, 0.3) is 17.1 Å². The van der Waals surface area contributed by atoms with Crippen LogP contribution in [0.5, 0.6) is 0 Å². The number of hydrogen-bond acceptors (Lipinski definition) is 4. The summed E-state index contributed by atoms with van der Waals surface area (Å²) in [6.45, 7) is 0. The number of primary sulfonamides is 1. The number of furan rings is 1. The molecule has 0 aliphatic carbocycles. The highest BCUT2D eigenvalue weighted by molar-refractivity contribution is 7.89. The minimum atomic E-state index is -4.71. The molecule has 0 bridgehead atoms. The number of nitrogens with two attached hydrogens (primary N) is 1. The second-order valence-electron chi connectivity index (χ2n) is 4.81. The average molecular weight is 357 g/mol. The molecule has 0 unspecified atom stereocenters. The summed E-state index contributed by atoms with van der Waals surface area (Å²) >= 11 is 0. The van der Waals surface area contributed by atoms with Gasteiger partial charge in [0.05, 0.1) is 12.0 Å². The summed E-state index contributed by atoms with van der Waals surface area (Å²) in [6, 6.07) is 9.07. The van der Waals surface area contributed by atoms with Gasteiger partial charge in [-0.3, -0.25) is 0 Å². The zero-order valence-corrected chi connectivity index (χ0v) is 12.7. The zero-order valence-electron chi connectivity index (χ0n) is 11.9. The molecular weight excluding hydrogens is 347 g/mol. The number of para-hydroxylation sites is 1. The molecule has 2 N–H and O–H groups in total. The Morgan fingerprint density at radius 3 is 2.42 bits per heavy atom. The quantitative estimate of drug-likeness (QED) is 0.780. The second-order valence-corrected chi connectivity index (χ2v) is 6.34. The number of nitrogens with zero attached hydrogens (tertiary/aromatic N) is 2. The molecule has 0 saturated heterocycles. The molecule has 0 fully saturated rings. The number of hydrogen-bond donors (Lipinski definition) is 1. The van der Waals surface area contributed by atoms with Crippen LogP contribution in [-0.2, 0) is 16.2 Å². The maximum absolute atomic E-state index is 13.0. The van der Waals surface area contributed by atoms with Crippen molar-refractivity contribution in [2.45, 2.75) is 11.1 Å². The molecule has 0 atom stereocenters. The van der Waals surface area contributed by atoms with Gasteiger partial charge in [-0.15, -0.1) is 0 Å². The van der Waals surface area contributed by atoms with Crippen LogP contribution in [-0.4, -0.2) is 18.2 Å². The minimum Gasteiger partial charge on any atom is -0.463 e. The van der Waals surface area contributed by atoms with Gasteiger partial charge in [-0.05, 0) is 24.3 Å². The van der Waals surface area contributed by atoms with E-state index < -0.39 is 21.9 Å². The van der Waals surface area contributed by atoms with Gasteiger partial charge in [0.1, 0.15) is 10.6 Å². The summed E-state index contributed by atoms with van der Waals surface area (Å²) < 4.78 is 68.5. The highest BCUT2D eigenvalue weighted by Gasteiger charge is 2.36. The van der Waals surface area contributed by atoms with Crippen molar-refractivity contribution in [2.75, 3.05) is 0 Å². The molecule has 3 rings (SSSR count). The lowest BCUT2D eigenvalue weighted by Gasteiger charge is -2.10. The summed E-state index contributed by atoms with van der Waals surface area (Å²) in [5, 5.41) is 8.64. The lowest BCUT2D eigenvalue weighted by molar-refractivity contribution is -0.141. The third-order valence-corrected chi connectivity index (χ3v) is 4.13. The third-order valence-electron chi connectivity index (χ3n) is 3.17. The monoisotopic (exact) mass is 357 g/mol. The van der Waals surface area contributed by atoms with Crippen LogP contribution in [0.1, 0.15) is 5.69 Å². The van der Waals surface area contributed by atoms with Crippen LogP contribution >= 0.6 is 0 Å². The molecule has 0 radical (unpaired) electrons. The Kier molecular flexibility index (Phi) is 3.73. The first-order valence-electron chi connectivity index (χ1n) is 6.51. The maximum atomic E-state index is 13.0. The Hall–Kier alpha value is -2.59. The van der Waals surface area contributed by atoms with Crippen molar-refractivity contribution in [1.29, 1.82) is 0 Å². The molecule has 0 amide bonds. The van der Waals surface area contributed by atoms with E-state index in [0.29, 0.717) is 0 Å². The fourth-order valence-electron chi connectivity index (χ4n) is 2.18. The SMILES string of the molecule is NS(=O)(=O)c1ccccc1-n1nc(C(F)(F)F)cc1-c1ccco1. The lowest BCUT2D eigenvalue weighted by Crippen LogP contribution is -2.16. The molecule has 126 valence electrons. The smallest absolute Gasteiger partial charge is 0.435 e. The summed E-state index contributed by atoms with van der Waals surface area (Å²) in [6.07, 6.45) is -3.42. The molecular formula is C14H10F3N3O3S. The Bertz CT molecular complexity index is 976. The predicted molar refractivity (Wildman–Crippen MR) is 77.6 cm³/mol. The van der Waals surface area contributed by atoms with Gasteiger partial charge in [-0.25, -0.2) is 18.2 Å². The molecule has 2 heterocycles. The number of aromatic nitrogens is 2. The Labute approximate surface area is 134 Å². The molecule has 0 aliphatic rings. The van der Waals surface area contributed by atoms with E-state index in [2.05, 4.69) is 5.10 Å². The standard InChI is InChI=1S/C14H10F3N3O3S/c15-14(16,17)13-8-10(11-5-3-7-23-11)20(19-13)9-4-1-2-6-12(9)24(18,21)22/h1-8H,(H2,18,21,22). The number of alkyl halides is 3. The van der Waals surface area contributed by atoms with Gasteiger partial charge in [0.25, 0.3) is 0 Å². The number of sulfonamides is 1. The fourth-order valence-corrected chi connectivity index (χ4v) is 2.89. The molecule has 2 aromatic heterocycles. The van der Waals surface area contributed by atoms with Crippen molar-refractivity contribution in [3.63, 3.8) is 0 Å². The molecule has 1 aromatic carbocycles. The van der Waals surface area contributed by atoms with Crippen LogP contribution in [0.15, 0.2) is 58.0 Å². The average Bonchev–Trinajstić information content (AvgIpc) is 3.14. The molecule has 0 aliphatic heterocycles. The molecule has 0 saturated carbocycles. The molecule has 6 nitrogen and oxygen atoms in total. The lowest BCUT2D eigenvalue weighted by atomic mass is 10.2. The van der Waals surface area contributed by atoms with Crippen molar-refractivity contribution in [3.8, 4) is 17.1 Å². The van der Waals surface area contributed by atoms with Gasteiger partial charge in [-0.1, -0.05) is 12.1 Å². The predicted octanol–water partition coefficient (Wildman–Crippen LogP) is 2.80. The van der Waals surface area contributed by atoms with Crippen LogP contribution < -0.4 is 5.14 Å². The highest BCUT2D eigenvalue weighted by Crippen LogP contribution is 2.34. The van der Waals surface area contributed by atoms with Crippen molar-refractivity contribution < 1.29 is 26.0 Å². The van der Waals surface area contributed by atoms with Crippen molar-refractivity contribution in [2.24, 2.45) is 5.14 Å². The van der Waals surface area contributed by atoms with E-state index in [1.165, 1.54) is 42.7 Å². The van der Waals surface area contributed by atoms with E-state index in [9.17, 15) is 21.6 Å². The van der Waals surface area contributed by atoms with E-state index in [0.717, 1.165) is 10.7 Å². The van der Waals surface area contributed by atoms with E-state index in [-0.39, 0.29) is 22.0 Å². The van der Waals surface area contributed by atoms with Crippen LogP contribution in [0.3, 0.4) is 0 Å². The van der Waals surface area contributed by atoms with E-state index in [4.69, 9.17) is 9.56 Å². The van der Waals surface area contributed by atoms with E-state index in [1.807, 2.05) is 0 Å². The van der Waals surface area contributed by atoms with Crippen LogP contribution in [0, 0.1) is 0 Å². The summed E-state index contributed by atoms with van der Waals surface area (Å²) in [5.41, 5.74) is -1.34. The first-order chi connectivity index (χ1) is 11.2. The van der Waals surface area contributed by atoms with Crippen molar-refractivity contribution in [3.05, 3.63) is 54.4 Å². The summed E-state index contributed by atoms with van der Waals surface area (Å²) in [7, 11) is -4.17. The highest BCUT2D eigenvalue weighted by atomic mass is 32.2. The zero-order chi connectivity index (χ0) is 17.5. The van der Waals surface area contributed by atoms with E-state index >= 15 is 0 Å². The Balaban J connectivity index is 2.31. The molecule has 3 aromatic rings. The van der Waals surface area contributed by atoms with Gasteiger partial charge >= 0.3 is 6.18 Å². The van der Waals surface area contributed by atoms with Crippen molar-refractivity contribution in [1.82, 2.24) is 9.78 Å². The largest absolute Gasteiger partial charge is 0.463 e. The number of benzene rings is 1. The first kappa shape index (κ1) is 16.3. The van der Waals surface area contributed by atoms with Crippen LogP contribution in [0.4, 0.5) is 13.2 Å². The number of rotatable bonds is 3. The first-order valence-corrected chi connectivity index (χ1v) is 8.06. The van der Waals surface area contributed by atoms with Gasteiger partial charge in [0, 0.05) is 6.07 Å². The topological polar surface area (TPSA) is 91.1 Å². The van der Waals surface area contributed by atoms with Crippen molar-refractivity contribution >= 4 is 10.0 Å². The van der Waals surface area contributed by atoms with Gasteiger partial charge in [-0.2, -0.15) is 18.3 Å². The Morgan fingerprint density at radius 2 is 1.83 bits per heavy atom. The van der Waals surface area contributed by atoms with Gasteiger partial charge in [0.15, 0.2) is 11.5 Å². The van der Waals surface area contributed by atoms with E-state index in [1.54, 1.807) is 0 Å². The maximum Gasteiger partial charge on any atom is 0.435 e.